The summed E-state index contributed by atoms with van der Waals surface area (Å²) < 4.78 is 0. The van der Waals surface area contributed by atoms with Crippen molar-refractivity contribution in [3.63, 3.8) is 0 Å². The third-order valence-electron chi connectivity index (χ3n) is 3.26. The number of carbonyl (C=O) groups is 1. The first-order valence-electron chi connectivity index (χ1n) is 6.16. The van der Waals surface area contributed by atoms with Gasteiger partial charge in [0.05, 0.1) is 12.5 Å². The molecule has 1 rings (SSSR count). The smallest absolute Gasteiger partial charge is 0.225 e. The Morgan fingerprint density at radius 2 is 2.19 bits per heavy atom. The summed E-state index contributed by atoms with van der Waals surface area (Å²) >= 11 is 0. The Kier molecular flexibility index (Phi) is 5.22. The van der Waals surface area contributed by atoms with Crippen molar-refractivity contribution in [1.29, 1.82) is 0 Å². The molecule has 1 amide bonds. The highest BCUT2D eigenvalue weighted by atomic mass is 16.3. The van der Waals surface area contributed by atoms with E-state index >= 15 is 0 Å². The van der Waals surface area contributed by atoms with Crippen molar-refractivity contribution >= 4 is 5.91 Å². The molecule has 1 aliphatic rings. The van der Waals surface area contributed by atoms with Crippen LogP contribution in [0.1, 0.15) is 33.1 Å². The van der Waals surface area contributed by atoms with Crippen LogP contribution in [0, 0.1) is 0 Å². The number of carbonyl (C=O) groups excluding carboxylic acids is 1. The number of aliphatic hydroxyl groups excluding tert-OH is 1. The summed E-state index contributed by atoms with van der Waals surface area (Å²) in [6.07, 6.45) is 2.00. The van der Waals surface area contributed by atoms with E-state index in [0.717, 1.165) is 25.9 Å². The van der Waals surface area contributed by atoms with Crippen LogP contribution in [0.5, 0.6) is 0 Å². The second-order valence-electron chi connectivity index (χ2n) is 4.98. The van der Waals surface area contributed by atoms with Crippen LogP contribution in [0.15, 0.2) is 0 Å². The number of rotatable bonds is 6. The van der Waals surface area contributed by atoms with Crippen LogP contribution in [0.2, 0.25) is 0 Å². The van der Waals surface area contributed by atoms with Crippen LogP contribution in [0.3, 0.4) is 0 Å². The van der Waals surface area contributed by atoms with Crippen molar-refractivity contribution in [2.75, 3.05) is 26.7 Å². The van der Waals surface area contributed by atoms with Gasteiger partial charge in [0.15, 0.2) is 0 Å². The van der Waals surface area contributed by atoms with E-state index in [9.17, 15) is 9.90 Å². The van der Waals surface area contributed by atoms with Crippen molar-refractivity contribution in [2.24, 2.45) is 0 Å². The summed E-state index contributed by atoms with van der Waals surface area (Å²) in [5.41, 5.74) is 0. The van der Waals surface area contributed by atoms with Crippen LogP contribution >= 0.6 is 0 Å². The molecule has 4 heteroatoms. The van der Waals surface area contributed by atoms with E-state index in [2.05, 4.69) is 25.8 Å². The molecule has 1 aliphatic heterocycles. The van der Waals surface area contributed by atoms with Crippen LogP contribution in [-0.4, -0.2) is 59.6 Å². The average molecular weight is 228 g/mol. The zero-order valence-electron chi connectivity index (χ0n) is 10.6. The molecule has 94 valence electrons. The zero-order chi connectivity index (χ0) is 12.1. The molecule has 1 N–H and O–H groups in total. The van der Waals surface area contributed by atoms with Gasteiger partial charge in [-0.2, -0.15) is 0 Å². The minimum Gasteiger partial charge on any atom is -0.391 e. The SMILES string of the molecule is CC(C)N(C)CCCCN1CC(O)CC1=O. The molecule has 1 heterocycles. The average Bonchev–Trinajstić information content (AvgIpc) is 2.51. The van der Waals surface area contributed by atoms with Gasteiger partial charge in [0.25, 0.3) is 0 Å². The Balaban J connectivity index is 2.10. The molecule has 0 aromatic heterocycles. The maximum atomic E-state index is 11.4. The fraction of sp³-hybridized carbons (Fsp3) is 0.917. The number of nitrogens with zero attached hydrogens (tertiary/aromatic N) is 2. The first kappa shape index (κ1) is 13.5. The van der Waals surface area contributed by atoms with Crippen molar-refractivity contribution < 1.29 is 9.90 Å². The Morgan fingerprint density at radius 1 is 1.50 bits per heavy atom. The Bertz CT molecular complexity index is 231. The summed E-state index contributed by atoms with van der Waals surface area (Å²) in [4.78, 5) is 15.5. The summed E-state index contributed by atoms with van der Waals surface area (Å²) in [6.45, 7) is 6.75. The molecule has 16 heavy (non-hydrogen) atoms. The number of β-amino-alcohol motifs (C(OH)–C–C–N with tert-alkyl or cyclic N) is 1. The molecule has 0 bridgehead atoms. The predicted molar refractivity (Wildman–Crippen MR) is 64.2 cm³/mol. The molecule has 0 radical (unpaired) electrons. The van der Waals surface area contributed by atoms with E-state index < -0.39 is 6.10 Å². The number of amides is 1. The minimum absolute atomic E-state index is 0.102. The third kappa shape index (κ3) is 4.10. The van der Waals surface area contributed by atoms with Crippen LogP contribution in [0.25, 0.3) is 0 Å². The highest BCUT2D eigenvalue weighted by Gasteiger charge is 2.26. The first-order chi connectivity index (χ1) is 7.50. The zero-order valence-corrected chi connectivity index (χ0v) is 10.6. The lowest BCUT2D eigenvalue weighted by Crippen LogP contribution is -2.30. The van der Waals surface area contributed by atoms with Crippen LogP contribution < -0.4 is 0 Å². The van der Waals surface area contributed by atoms with Crippen molar-refractivity contribution in [2.45, 2.75) is 45.3 Å². The van der Waals surface area contributed by atoms with E-state index in [1.54, 1.807) is 4.90 Å². The molecule has 1 fully saturated rings. The van der Waals surface area contributed by atoms with Gasteiger partial charge < -0.3 is 14.9 Å². The summed E-state index contributed by atoms with van der Waals surface area (Å²) in [6, 6.07) is 0.579. The second-order valence-corrected chi connectivity index (χ2v) is 4.98. The molecule has 1 unspecified atom stereocenters. The lowest BCUT2D eigenvalue weighted by Gasteiger charge is -2.21. The largest absolute Gasteiger partial charge is 0.391 e. The summed E-state index contributed by atoms with van der Waals surface area (Å²) in [5, 5.41) is 9.32. The molecule has 4 nitrogen and oxygen atoms in total. The van der Waals surface area contributed by atoms with Crippen molar-refractivity contribution in [3.05, 3.63) is 0 Å². The van der Waals surface area contributed by atoms with E-state index in [0.29, 0.717) is 19.0 Å². The lowest BCUT2D eigenvalue weighted by atomic mass is 10.2. The highest BCUT2D eigenvalue weighted by Crippen LogP contribution is 2.11. The predicted octanol–water partition coefficient (Wildman–Crippen LogP) is 0.700. The monoisotopic (exact) mass is 228 g/mol. The van der Waals surface area contributed by atoms with E-state index in [4.69, 9.17) is 0 Å². The summed E-state index contributed by atoms with van der Waals surface area (Å²) in [5.74, 6) is 0.102. The standard InChI is InChI=1S/C12H24N2O2/c1-10(2)13(3)6-4-5-7-14-9-11(15)8-12(14)16/h10-11,15H,4-9H2,1-3H3. The maximum absolute atomic E-state index is 11.4. The van der Waals surface area contributed by atoms with Crippen molar-refractivity contribution in [3.8, 4) is 0 Å². The van der Waals surface area contributed by atoms with E-state index in [1.165, 1.54) is 0 Å². The number of likely N-dealkylation sites (tertiary alicyclic amines) is 1. The van der Waals surface area contributed by atoms with E-state index in [-0.39, 0.29) is 5.91 Å². The van der Waals surface area contributed by atoms with Gasteiger partial charge in [0, 0.05) is 19.1 Å². The number of hydrogen-bond donors (Lipinski definition) is 1. The Morgan fingerprint density at radius 3 is 2.69 bits per heavy atom. The molecule has 0 spiro atoms. The normalized spacial score (nSPS) is 21.5. The van der Waals surface area contributed by atoms with Gasteiger partial charge in [-0.25, -0.2) is 0 Å². The molecule has 0 aromatic rings. The van der Waals surface area contributed by atoms with Gasteiger partial charge in [-0.3, -0.25) is 4.79 Å². The van der Waals surface area contributed by atoms with Gasteiger partial charge in [-0.05, 0) is 40.3 Å². The lowest BCUT2D eigenvalue weighted by molar-refractivity contribution is -0.127. The molecule has 1 atom stereocenters. The molecule has 0 aliphatic carbocycles. The minimum atomic E-state index is -0.439. The molecular weight excluding hydrogens is 204 g/mol. The van der Waals surface area contributed by atoms with Gasteiger partial charge in [-0.15, -0.1) is 0 Å². The van der Waals surface area contributed by atoms with Gasteiger partial charge >= 0.3 is 0 Å². The van der Waals surface area contributed by atoms with Crippen LogP contribution in [-0.2, 0) is 4.79 Å². The second kappa shape index (κ2) is 6.21. The molecule has 0 aromatic carbocycles. The quantitative estimate of drug-likeness (QED) is 0.681. The Hall–Kier alpha value is -0.610. The summed E-state index contributed by atoms with van der Waals surface area (Å²) in [7, 11) is 2.12. The Labute approximate surface area is 98.2 Å². The fourth-order valence-electron chi connectivity index (χ4n) is 1.89. The highest BCUT2D eigenvalue weighted by molar-refractivity contribution is 5.78. The number of unbranched alkanes of at least 4 members (excludes halogenated alkanes) is 1. The van der Waals surface area contributed by atoms with Gasteiger partial charge in [0.1, 0.15) is 0 Å². The van der Waals surface area contributed by atoms with Gasteiger partial charge in [0.2, 0.25) is 5.91 Å². The van der Waals surface area contributed by atoms with Crippen molar-refractivity contribution in [1.82, 2.24) is 9.80 Å². The number of hydrogen-bond acceptors (Lipinski definition) is 3. The van der Waals surface area contributed by atoms with Gasteiger partial charge in [-0.1, -0.05) is 0 Å². The van der Waals surface area contributed by atoms with Crippen LogP contribution in [0.4, 0.5) is 0 Å². The fourth-order valence-corrected chi connectivity index (χ4v) is 1.89. The maximum Gasteiger partial charge on any atom is 0.225 e. The third-order valence-corrected chi connectivity index (χ3v) is 3.26. The number of aliphatic hydroxyl groups is 1. The first-order valence-corrected chi connectivity index (χ1v) is 6.16. The van der Waals surface area contributed by atoms with E-state index in [1.807, 2.05) is 0 Å². The topological polar surface area (TPSA) is 43.8 Å². The molecule has 1 saturated heterocycles. The molecule has 0 saturated carbocycles. The molecular formula is C12H24N2O2.